The maximum atomic E-state index is 7.09. The molecular formula is C55H57N7O. The Morgan fingerprint density at radius 2 is 1.14 bits per heavy atom. The summed E-state index contributed by atoms with van der Waals surface area (Å²) in [6.07, 6.45) is 6.04. The third kappa shape index (κ3) is 8.30. The van der Waals surface area contributed by atoms with E-state index in [1.54, 1.807) is 0 Å². The first kappa shape index (κ1) is 41.5. The van der Waals surface area contributed by atoms with Crippen LogP contribution in [0, 0.1) is 6.92 Å². The molecule has 9 rings (SSSR count). The molecule has 0 bridgehead atoms. The predicted octanol–water partition coefficient (Wildman–Crippen LogP) is 13.5. The lowest BCUT2D eigenvalue weighted by Gasteiger charge is -2.20. The lowest BCUT2D eigenvalue weighted by molar-refractivity contribution is 0.482. The highest BCUT2D eigenvalue weighted by Crippen LogP contribution is 2.43. The molecule has 0 saturated heterocycles. The molecule has 8 aromatic rings. The number of aromatic nitrogens is 5. The number of hydrogen-bond donors (Lipinski definition) is 0. The van der Waals surface area contributed by atoms with Crippen LogP contribution in [0.5, 0.6) is 11.5 Å². The molecule has 63 heavy (non-hydrogen) atoms. The van der Waals surface area contributed by atoms with Crippen LogP contribution in [-0.2, 0) is 16.2 Å². The molecule has 0 spiro atoms. The Labute approximate surface area is 372 Å². The number of aryl methyl sites for hydroxylation is 1. The van der Waals surface area contributed by atoms with Crippen LogP contribution < -0.4 is 9.64 Å². The highest BCUT2D eigenvalue weighted by Gasteiger charge is 2.25. The molecule has 8 nitrogen and oxygen atoms in total. The monoisotopic (exact) mass is 831 g/mol. The summed E-state index contributed by atoms with van der Waals surface area (Å²) in [5, 5.41) is 2.17. The van der Waals surface area contributed by atoms with E-state index in [0.717, 1.165) is 62.2 Å². The van der Waals surface area contributed by atoms with Crippen LogP contribution in [0.25, 0.3) is 61.8 Å². The number of hydrogen-bond acceptors (Lipinski definition) is 7. The lowest BCUT2D eigenvalue weighted by Crippen LogP contribution is -2.21. The van der Waals surface area contributed by atoms with Crippen molar-refractivity contribution in [1.29, 1.82) is 0 Å². The Balaban J connectivity index is 1.32. The van der Waals surface area contributed by atoms with Gasteiger partial charge in [0, 0.05) is 65.4 Å². The number of ether oxygens (including phenoxy) is 1. The molecule has 0 radical (unpaired) electrons. The molecule has 0 N–H and O–H groups in total. The van der Waals surface area contributed by atoms with Gasteiger partial charge < -0.3 is 14.5 Å². The third-order valence-electron chi connectivity index (χ3n) is 12.0. The van der Waals surface area contributed by atoms with Crippen molar-refractivity contribution in [3.05, 3.63) is 156 Å². The second-order valence-corrected chi connectivity index (χ2v) is 20.1. The Morgan fingerprint density at radius 1 is 0.556 bits per heavy atom. The number of pyridine rings is 1. The van der Waals surface area contributed by atoms with Crippen LogP contribution in [0.15, 0.2) is 134 Å². The van der Waals surface area contributed by atoms with Crippen molar-refractivity contribution < 1.29 is 4.74 Å². The van der Waals surface area contributed by atoms with E-state index >= 15 is 0 Å². The number of benzene rings is 5. The molecule has 0 fully saturated rings. The maximum absolute atomic E-state index is 7.09. The lowest BCUT2D eigenvalue weighted by atomic mass is 9.86. The Hall–Kier alpha value is -6.80. The molecule has 5 aromatic carbocycles. The number of anilines is 1. The van der Waals surface area contributed by atoms with Crippen LogP contribution in [-0.4, -0.2) is 43.1 Å². The van der Waals surface area contributed by atoms with Gasteiger partial charge in [0.05, 0.1) is 23.3 Å². The molecule has 0 saturated carbocycles. The summed E-state index contributed by atoms with van der Waals surface area (Å²) in [4.78, 5) is 25.1. The zero-order valence-electron chi connectivity index (χ0n) is 38.4. The fraction of sp³-hybridized carbons (Fsp3) is 0.273. The first-order chi connectivity index (χ1) is 29.9. The third-order valence-corrected chi connectivity index (χ3v) is 12.0. The van der Waals surface area contributed by atoms with Crippen molar-refractivity contribution >= 4 is 27.5 Å². The van der Waals surface area contributed by atoms with Crippen LogP contribution in [0.3, 0.4) is 0 Å². The molecule has 3 aromatic heterocycles. The van der Waals surface area contributed by atoms with E-state index < -0.39 is 0 Å². The Kier molecular flexibility index (Phi) is 10.2. The van der Waals surface area contributed by atoms with Gasteiger partial charge in [-0.2, -0.15) is 0 Å². The van der Waals surface area contributed by atoms with Crippen LogP contribution in [0.4, 0.5) is 5.69 Å². The van der Waals surface area contributed by atoms with Crippen molar-refractivity contribution in [2.24, 2.45) is 0 Å². The molecular weight excluding hydrogens is 775 g/mol. The summed E-state index contributed by atoms with van der Waals surface area (Å²) in [7, 11) is 2.07. The Morgan fingerprint density at radius 3 is 1.71 bits per heavy atom. The summed E-state index contributed by atoms with van der Waals surface area (Å²) in [6.45, 7) is 23.0. The zero-order valence-corrected chi connectivity index (χ0v) is 38.4. The van der Waals surface area contributed by atoms with Crippen molar-refractivity contribution in [3.8, 4) is 51.5 Å². The van der Waals surface area contributed by atoms with Gasteiger partial charge in [-0.1, -0.05) is 123 Å². The van der Waals surface area contributed by atoms with Gasteiger partial charge in [-0.15, -0.1) is 0 Å². The molecule has 0 atom stereocenters. The average molecular weight is 832 g/mol. The molecule has 4 heterocycles. The minimum absolute atomic E-state index is 0.00267. The Bertz CT molecular complexity index is 2960. The fourth-order valence-electron chi connectivity index (χ4n) is 8.20. The first-order valence-corrected chi connectivity index (χ1v) is 21.9. The molecule has 0 aliphatic carbocycles. The molecule has 0 unspecified atom stereocenters. The highest BCUT2D eigenvalue weighted by molar-refractivity contribution is 6.11. The predicted molar refractivity (Wildman–Crippen MR) is 260 cm³/mol. The van der Waals surface area contributed by atoms with Gasteiger partial charge in [-0.3, -0.25) is 4.57 Å². The van der Waals surface area contributed by atoms with Crippen molar-refractivity contribution in [1.82, 2.24) is 29.4 Å². The zero-order chi connectivity index (χ0) is 44.4. The quantitative estimate of drug-likeness (QED) is 0.158. The van der Waals surface area contributed by atoms with E-state index in [1.165, 1.54) is 16.7 Å². The maximum Gasteiger partial charge on any atom is 0.167 e. The summed E-state index contributed by atoms with van der Waals surface area (Å²) in [6, 6.07) is 40.8. The van der Waals surface area contributed by atoms with Gasteiger partial charge in [0.1, 0.15) is 17.3 Å². The molecule has 318 valence electrons. The van der Waals surface area contributed by atoms with E-state index in [-0.39, 0.29) is 16.2 Å². The van der Waals surface area contributed by atoms with E-state index in [1.807, 2.05) is 24.4 Å². The molecule has 1 aliphatic heterocycles. The first-order valence-electron chi connectivity index (χ1n) is 21.9. The van der Waals surface area contributed by atoms with E-state index in [9.17, 15) is 0 Å². The summed E-state index contributed by atoms with van der Waals surface area (Å²) in [5.74, 6) is 3.87. The van der Waals surface area contributed by atoms with Gasteiger partial charge in [-0.05, 0) is 87.9 Å². The standard InChI is InChI=1S/C55H57N7O/c1-35-25-26-56-49(29-35)62-46-24-23-40(55(8,9)10)30-43(46)44-32-45(48(33-47(44)62)63-42-14-12-13-41(31-42)61-28-27-60(11)34-61)52-58-50(36-15-19-38(20-16-36)53(2,3)4)57-51(59-52)37-17-21-39(22-18-37)54(5,6)7/h12-33H,34H2,1-11H3. The average Bonchev–Trinajstić information content (AvgIpc) is 3.83. The van der Waals surface area contributed by atoms with E-state index in [2.05, 4.69) is 200 Å². The SMILES string of the molecule is Cc1ccnc(-n2c3ccc(C(C)(C)C)cc3c3cc(-c4nc(-c5ccc(C(C)(C)C)cc5)nc(-c5ccc(C(C)(C)C)cc5)n4)c(Oc4cccc(N5C=CN(C)C5)c4)cc32)c1. The normalized spacial score (nSPS) is 13.4. The fourth-order valence-corrected chi connectivity index (χ4v) is 8.20. The summed E-state index contributed by atoms with van der Waals surface area (Å²) >= 11 is 0. The minimum Gasteiger partial charge on any atom is -0.456 e. The van der Waals surface area contributed by atoms with E-state index in [0.29, 0.717) is 29.0 Å². The van der Waals surface area contributed by atoms with Gasteiger partial charge in [0.2, 0.25) is 0 Å². The largest absolute Gasteiger partial charge is 0.456 e. The van der Waals surface area contributed by atoms with Crippen molar-refractivity contribution in [2.75, 3.05) is 18.6 Å². The molecule has 8 heteroatoms. The van der Waals surface area contributed by atoms with Crippen LogP contribution >= 0.6 is 0 Å². The smallest absolute Gasteiger partial charge is 0.167 e. The summed E-state index contributed by atoms with van der Waals surface area (Å²) < 4.78 is 9.34. The minimum atomic E-state index is -0.0659. The highest BCUT2D eigenvalue weighted by atomic mass is 16.5. The molecule has 1 aliphatic rings. The van der Waals surface area contributed by atoms with Crippen LogP contribution in [0.1, 0.15) is 84.6 Å². The van der Waals surface area contributed by atoms with Crippen molar-refractivity contribution in [3.63, 3.8) is 0 Å². The topological polar surface area (TPSA) is 72.2 Å². The van der Waals surface area contributed by atoms with Gasteiger partial charge in [-0.25, -0.2) is 19.9 Å². The van der Waals surface area contributed by atoms with E-state index in [4.69, 9.17) is 24.7 Å². The van der Waals surface area contributed by atoms with Gasteiger partial charge in [0.25, 0.3) is 0 Å². The second kappa shape index (κ2) is 15.5. The van der Waals surface area contributed by atoms with Gasteiger partial charge >= 0.3 is 0 Å². The number of nitrogens with zero attached hydrogens (tertiary/aromatic N) is 7. The number of rotatable bonds is 7. The second-order valence-electron chi connectivity index (χ2n) is 20.1. The number of fused-ring (bicyclic) bond motifs is 3. The summed E-state index contributed by atoms with van der Waals surface area (Å²) in [5.41, 5.74) is 10.4. The van der Waals surface area contributed by atoms with Gasteiger partial charge in [0.15, 0.2) is 17.5 Å². The van der Waals surface area contributed by atoms with Crippen molar-refractivity contribution in [2.45, 2.75) is 85.5 Å². The van der Waals surface area contributed by atoms with Crippen LogP contribution in [0.2, 0.25) is 0 Å². The molecule has 0 amide bonds.